The Labute approximate surface area is 138 Å². The molecule has 126 valence electrons. The van der Waals surface area contributed by atoms with Gasteiger partial charge in [0.15, 0.2) is 5.82 Å². The summed E-state index contributed by atoms with van der Waals surface area (Å²) in [6.45, 7) is 7.45. The van der Waals surface area contributed by atoms with E-state index in [1.54, 1.807) is 12.4 Å². The van der Waals surface area contributed by atoms with Crippen molar-refractivity contribution in [1.82, 2.24) is 15.3 Å². The lowest BCUT2D eigenvalue weighted by Crippen LogP contribution is -2.49. The maximum atomic E-state index is 11.9. The SMILES string of the molecule is CC1=CCCC(C)C1CNC1CCCN(c2ncc[nH]c2=O)C1. The van der Waals surface area contributed by atoms with Crippen molar-refractivity contribution < 1.29 is 0 Å². The van der Waals surface area contributed by atoms with Crippen LogP contribution in [0.2, 0.25) is 0 Å². The fraction of sp³-hybridized carbons (Fsp3) is 0.667. The minimum Gasteiger partial charge on any atom is -0.350 e. The summed E-state index contributed by atoms with van der Waals surface area (Å²) in [6.07, 6.45) is 10.4. The Kier molecular flexibility index (Phi) is 5.16. The second-order valence-corrected chi connectivity index (χ2v) is 7.04. The normalized spacial score (nSPS) is 28.5. The number of hydrogen-bond donors (Lipinski definition) is 2. The van der Waals surface area contributed by atoms with Crippen LogP contribution in [0, 0.1) is 11.8 Å². The number of rotatable bonds is 4. The number of nitrogens with one attached hydrogen (secondary N) is 2. The number of allylic oxidation sites excluding steroid dienone is 1. The highest BCUT2D eigenvalue weighted by molar-refractivity contribution is 5.36. The largest absolute Gasteiger partial charge is 0.350 e. The van der Waals surface area contributed by atoms with E-state index in [-0.39, 0.29) is 5.56 Å². The van der Waals surface area contributed by atoms with Crippen LogP contribution in [0.3, 0.4) is 0 Å². The first-order valence-electron chi connectivity index (χ1n) is 8.84. The predicted molar refractivity (Wildman–Crippen MR) is 93.7 cm³/mol. The number of anilines is 1. The van der Waals surface area contributed by atoms with Crippen LogP contribution >= 0.6 is 0 Å². The zero-order chi connectivity index (χ0) is 16.2. The highest BCUT2D eigenvalue weighted by Crippen LogP contribution is 2.29. The number of hydrogen-bond acceptors (Lipinski definition) is 4. The van der Waals surface area contributed by atoms with Gasteiger partial charge >= 0.3 is 0 Å². The molecule has 1 aromatic heterocycles. The highest BCUT2D eigenvalue weighted by Gasteiger charge is 2.26. The van der Waals surface area contributed by atoms with Crippen LogP contribution in [0.4, 0.5) is 5.82 Å². The molecule has 0 aromatic carbocycles. The first kappa shape index (κ1) is 16.2. The summed E-state index contributed by atoms with van der Waals surface area (Å²) in [5, 5.41) is 3.75. The molecule has 5 nitrogen and oxygen atoms in total. The van der Waals surface area contributed by atoms with Crippen LogP contribution < -0.4 is 15.8 Å². The molecule has 23 heavy (non-hydrogen) atoms. The molecular formula is C18H28N4O. The molecule has 1 fully saturated rings. The molecule has 1 aliphatic carbocycles. The van der Waals surface area contributed by atoms with Crippen LogP contribution in [0.1, 0.15) is 39.5 Å². The lowest BCUT2D eigenvalue weighted by Gasteiger charge is -2.36. The van der Waals surface area contributed by atoms with Crippen molar-refractivity contribution >= 4 is 5.82 Å². The molecule has 1 saturated heterocycles. The van der Waals surface area contributed by atoms with E-state index in [9.17, 15) is 4.79 Å². The van der Waals surface area contributed by atoms with Crippen molar-refractivity contribution in [3.63, 3.8) is 0 Å². The Hall–Kier alpha value is -1.62. The lowest BCUT2D eigenvalue weighted by atomic mass is 9.80. The Morgan fingerprint density at radius 2 is 2.30 bits per heavy atom. The van der Waals surface area contributed by atoms with Gasteiger partial charge in [-0.3, -0.25) is 4.79 Å². The molecule has 0 spiro atoms. The van der Waals surface area contributed by atoms with Gasteiger partial charge in [-0.2, -0.15) is 0 Å². The fourth-order valence-electron chi connectivity index (χ4n) is 3.94. The van der Waals surface area contributed by atoms with Crippen LogP contribution in [-0.2, 0) is 0 Å². The molecule has 5 heteroatoms. The van der Waals surface area contributed by atoms with E-state index < -0.39 is 0 Å². The Bertz CT molecular complexity index is 609. The number of H-pyrrole nitrogens is 1. The summed E-state index contributed by atoms with van der Waals surface area (Å²) in [5.41, 5.74) is 1.44. The molecule has 2 aliphatic rings. The van der Waals surface area contributed by atoms with Gasteiger partial charge in [0, 0.05) is 38.1 Å². The van der Waals surface area contributed by atoms with Crippen LogP contribution in [-0.4, -0.2) is 35.6 Å². The number of nitrogens with zero attached hydrogens (tertiary/aromatic N) is 2. The first-order valence-corrected chi connectivity index (χ1v) is 8.84. The molecule has 3 atom stereocenters. The van der Waals surface area contributed by atoms with Gasteiger partial charge < -0.3 is 15.2 Å². The third-order valence-corrected chi connectivity index (χ3v) is 5.40. The topological polar surface area (TPSA) is 61.0 Å². The van der Waals surface area contributed by atoms with Gasteiger partial charge in [0.05, 0.1) is 0 Å². The monoisotopic (exact) mass is 316 g/mol. The standard InChI is InChI=1S/C18H28N4O/c1-13-5-3-6-14(2)16(13)11-21-15-7-4-10-22(12-15)17-18(23)20-9-8-19-17/h5,8-9,14-16,21H,3-4,6-7,10-12H2,1-2H3,(H,20,23). The summed E-state index contributed by atoms with van der Waals surface area (Å²) in [4.78, 5) is 21.0. The zero-order valence-electron chi connectivity index (χ0n) is 14.2. The molecule has 3 unspecified atom stereocenters. The van der Waals surface area contributed by atoms with Crippen molar-refractivity contribution in [3.8, 4) is 0 Å². The summed E-state index contributed by atoms with van der Waals surface area (Å²) in [5.74, 6) is 1.96. The van der Waals surface area contributed by atoms with Gasteiger partial charge in [0.25, 0.3) is 5.56 Å². The summed E-state index contributed by atoms with van der Waals surface area (Å²) < 4.78 is 0. The molecule has 1 aromatic rings. The van der Waals surface area contributed by atoms with E-state index in [4.69, 9.17) is 0 Å². The van der Waals surface area contributed by atoms with Crippen molar-refractivity contribution in [2.45, 2.75) is 45.6 Å². The summed E-state index contributed by atoms with van der Waals surface area (Å²) in [6, 6.07) is 0.437. The van der Waals surface area contributed by atoms with Crippen LogP contribution in [0.25, 0.3) is 0 Å². The van der Waals surface area contributed by atoms with E-state index >= 15 is 0 Å². The minimum atomic E-state index is -0.0900. The Morgan fingerprint density at radius 1 is 1.43 bits per heavy atom. The average Bonchev–Trinajstić information content (AvgIpc) is 2.55. The predicted octanol–water partition coefficient (Wildman–Crippen LogP) is 2.32. The van der Waals surface area contributed by atoms with Gasteiger partial charge in [-0.25, -0.2) is 4.98 Å². The average molecular weight is 316 g/mol. The molecule has 0 radical (unpaired) electrons. The second kappa shape index (κ2) is 7.30. The maximum absolute atomic E-state index is 11.9. The number of aromatic nitrogens is 2. The van der Waals surface area contributed by atoms with Crippen molar-refractivity contribution in [2.24, 2.45) is 11.8 Å². The molecule has 2 N–H and O–H groups in total. The second-order valence-electron chi connectivity index (χ2n) is 7.04. The molecular weight excluding hydrogens is 288 g/mol. The number of piperidine rings is 1. The van der Waals surface area contributed by atoms with E-state index in [1.807, 2.05) is 0 Å². The van der Waals surface area contributed by atoms with E-state index in [0.717, 1.165) is 32.0 Å². The molecule has 0 saturated carbocycles. The molecule has 1 aliphatic heterocycles. The molecule has 2 heterocycles. The van der Waals surface area contributed by atoms with Crippen molar-refractivity contribution in [2.75, 3.05) is 24.5 Å². The molecule has 0 amide bonds. The van der Waals surface area contributed by atoms with Crippen molar-refractivity contribution in [1.29, 1.82) is 0 Å². The third-order valence-electron chi connectivity index (χ3n) is 5.40. The van der Waals surface area contributed by atoms with Crippen LogP contribution in [0.5, 0.6) is 0 Å². The maximum Gasteiger partial charge on any atom is 0.290 e. The highest BCUT2D eigenvalue weighted by atomic mass is 16.1. The Balaban J connectivity index is 1.59. The number of aromatic amines is 1. The van der Waals surface area contributed by atoms with Gasteiger partial charge in [0.2, 0.25) is 0 Å². The smallest absolute Gasteiger partial charge is 0.290 e. The zero-order valence-corrected chi connectivity index (χ0v) is 14.2. The summed E-state index contributed by atoms with van der Waals surface area (Å²) in [7, 11) is 0. The third kappa shape index (κ3) is 3.83. The van der Waals surface area contributed by atoms with E-state index in [2.05, 4.69) is 40.1 Å². The molecule has 3 rings (SSSR count). The van der Waals surface area contributed by atoms with Gasteiger partial charge in [-0.1, -0.05) is 18.6 Å². The van der Waals surface area contributed by atoms with Gasteiger partial charge in [-0.15, -0.1) is 0 Å². The van der Waals surface area contributed by atoms with Crippen LogP contribution in [0.15, 0.2) is 28.8 Å². The van der Waals surface area contributed by atoms with Gasteiger partial charge in [-0.05, 0) is 44.4 Å². The minimum absolute atomic E-state index is 0.0900. The summed E-state index contributed by atoms with van der Waals surface area (Å²) >= 11 is 0. The van der Waals surface area contributed by atoms with Crippen molar-refractivity contribution in [3.05, 3.63) is 34.4 Å². The van der Waals surface area contributed by atoms with E-state index in [0.29, 0.717) is 17.8 Å². The lowest BCUT2D eigenvalue weighted by molar-refractivity contribution is 0.320. The Morgan fingerprint density at radius 3 is 3.09 bits per heavy atom. The first-order chi connectivity index (χ1) is 11.1. The molecule has 0 bridgehead atoms. The quantitative estimate of drug-likeness (QED) is 0.837. The fourth-order valence-corrected chi connectivity index (χ4v) is 3.94. The van der Waals surface area contributed by atoms with Gasteiger partial charge in [0.1, 0.15) is 0 Å². The van der Waals surface area contributed by atoms with E-state index in [1.165, 1.54) is 24.8 Å².